The van der Waals surface area contributed by atoms with E-state index in [4.69, 9.17) is 0 Å². The van der Waals surface area contributed by atoms with Crippen LogP contribution in [0.5, 0.6) is 0 Å². The van der Waals surface area contributed by atoms with Crippen LogP contribution in [0.25, 0.3) is 0 Å². The molecule has 0 spiro atoms. The number of amides is 1. The van der Waals surface area contributed by atoms with Crippen molar-refractivity contribution in [3.05, 3.63) is 53.1 Å². The molecule has 1 N–H and O–H groups in total. The van der Waals surface area contributed by atoms with E-state index in [1.165, 1.54) is 11.1 Å². The highest BCUT2D eigenvalue weighted by atomic mass is 16.2. The fourth-order valence-corrected chi connectivity index (χ4v) is 2.78. The summed E-state index contributed by atoms with van der Waals surface area (Å²) in [6.45, 7) is 3.60. The highest BCUT2D eigenvalue weighted by Gasteiger charge is 2.21. The van der Waals surface area contributed by atoms with Gasteiger partial charge in [-0.2, -0.15) is 0 Å². The Labute approximate surface area is 125 Å². The van der Waals surface area contributed by atoms with Crippen LogP contribution in [0.4, 0.5) is 0 Å². The summed E-state index contributed by atoms with van der Waals surface area (Å²) in [7, 11) is 0. The van der Waals surface area contributed by atoms with E-state index in [0.29, 0.717) is 13.0 Å². The molecule has 1 aliphatic heterocycles. The molecule has 0 saturated heterocycles. The van der Waals surface area contributed by atoms with Crippen LogP contribution in [0.15, 0.2) is 30.6 Å². The fourth-order valence-electron chi connectivity index (χ4n) is 2.78. The molecular weight excluding hydrogens is 262 g/mol. The monoisotopic (exact) mass is 283 g/mol. The zero-order valence-corrected chi connectivity index (χ0v) is 12.4. The first-order valence-corrected chi connectivity index (χ1v) is 7.63. The molecule has 21 heavy (non-hydrogen) atoms. The smallest absolute Gasteiger partial charge is 0.223 e. The Morgan fingerprint density at radius 2 is 2.05 bits per heavy atom. The first kappa shape index (κ1) is 13.9. The van der Waals surface area contributed by atoms with Crippen molar-refractivity contribution in [3.8, 4) is 0 Å². The number of rotatable bonds is 4. The van der Waals surface area contributed by atoms with Gasteiger partial charge in [0.1, 0.15) is 0 Å². The molecule has 3 rings (SSSR count). The summed E-state index contributed by atoms with van der Waals surface area (Å²) in [6, 6.07) is 8.57. The summed E-state index contributed by atoms with van der Waals surface area (Å²) in [5.74, 6) is 0.231. The summed E-state index contributed by atoms with van der Waals surface area (Å²) in [5, 5.41) is 0. The number of aromatic nitrogens is 2. The third kappa shape index (κ3) is 3.15. The lowest BCUT2D eigenvalue weighted by atomic mass is 10.0. The number of fused-ring (bicyclic) bond motifs is 1. The Hall–Kier alpha value is -2.10. The van der Waals surface area contributed by atoms with Crippen molar-refractivity contribution >= 4 is 5.91 Å². The number of aromatic amines is 1. The van der Waals surface area contributed by atoms with Gasteiger partial charge in [-0.25, -0.2) is 4.98 Å². The number of benzene rings is 1. The molecule has 110 valence electrons. The van der Waals surface area contributed by atoms with Gasteiger partial charge >= 0.3 is 0 Å². The zero-order valence-electron chi connectivity index (χ0n) is 12.4. The second-order valence-electron chi connectivity index (χ2n) is 5.56. The molecule has 0 unspecified atom stereocenters. The molecule has 1 aromatic carbocycles. The fraction of sp³-hybridized carbons (Fsp3) is 0.412. The summed E-state index contributed by atoms with van der Waals surface area (Å²) >= 11 is 0. The van der Waals surface area contributed by atoms with Gasteiger partial charge in [-0.1, -0.05) is 31.2 Å². The van der Waals surface area contributed by atoms with Gasteiger partial charge < -0.3 is 9.88 Å². The molecule has 2 heterocycles. The topological polar surface area (TPSA) is 49.0 Å². The van der Waals surface area contributed by atoms with Crippen LogP contribution >= 0.6 is 0 Å². The van der Waals surface area contributed by atoms with Crippen LogP contribution in [0.3, 0.4) is 0 Å². The molecule has 0 radical (unpaired) electrons. The minimum atomic E-state index is 0.231. The maximum Gasteiger partial charge on any atom is 0.223 e. The van der Waals surface area contributed by atoms with Crippen LogP contribution < -0.4 is 0 Å². The minimum absolute atomic E-state index is 0.231. The molecule has 1 aromatic heterocycles. The lowest BCUT2D eigenvalue weighted by Crippen LogP contribution is -2.36. The Kier molecular flexibility index (Phi) is 4.04. The van der Waals surface area contributed by atoms with Crippen molar-refractivity contribution in [1.82, 2.24) is 14.9 Å². The van der Waals surface area contributed by atoms with Crippen molar-refractivity contribution in [3.63, 3.8) is 0 Å². The largest absolute Gasteiger partial charge is 0.347 e. The number of carbonyl (C=O) groups excluding carboxylic acids is 1. The average molecular weight is 283 g/mol. The van der Waals surface area contributed by atoms with Crippen molar-refractivity contribution in [1.29, 1.82) is 0 Å². The van der Waals surface area contributed by atoms with E-state index in [2.05, 4.69) is 41.2 Å². The van der Waals surface area contributed by atoms with Gasteiger partial charge in [0.2, 0.25) is 5.91 Å². The van der Waals surface area contributed by atoms with Gasteiger partial charge in [0, 0.05) is 19.4 Å². The lowest BCUT2D eigenvalue weighted by Gasteiger charge is -2.26. The first-order valence-electron chi connectivity index (χ1n) is 7.63. The summed E-state index contributed by atoms with van der Waals surface area (Å²) in [4.78, 5) is 21.6. The van der Waals surface area contributed by atoms with Gasteiger partial charge in [0.25, 0.3) is 0 Å². The number of H-pyrrole nitrogens is 1. The van der Waals surface area contributed by atoms with Crippen molar-refractivity contribution in [2.75, 3.05) is 6.54 Å². The summed E-state index contributed by atoms with van der Waals surface area (Å²) < 4.78 is 0. The maximum absolute atomic E-state index is 12.3. The Morgan fingerprint density at radius 3 is 2.81 bits per heavy atom. The predicted octanol–water partition coefficient (Wildman–Crippen LogP) is 2.49. The van der Waals surface area contributed by atoms with E-state index in [0.717, 1.165) is 37.2 Å². The highest BCUT2D eigenvalue weighted by Crippen LogP contribution is 2.16. The molecule has 1 aliphatic rings. The van der Waals surface area contributed by atoms with E-state index in [1.807, 2.05) is 4.90 Å². The first-order chi connectivity index (χ1) is 10.3. The second kappa shape index (κ2) is 6.12. The van der Waals surface area contributed by atoms with Gasteiger partial charge in [0.15, 0.2) is 0 Å². The van der Waals surface area contributed by atoms with Crippen LogP contribution in [0.2, 0.25) is 0 Å². The second-order valence-corrected chi connectivity index (χ2v) is 5.56. The highest BCUT2D eigenvalue weighted by molar-refractivity contribution is 5.76. The molecular formula is C17H21N3O. The predicted molar refractivity (Wildman–Crippen MR) is 81.8 cm³/mol. The lowest BCUT2D eigenvalue weighted by molar-refractivity contribution is -0.132. The number of imidazole rings is 1. The average Bonchev–Trinajstić information content (AvgIpc) is 3.00. The van der Waals surface area contributed by atoms with Crippen molar-refractivity contribution < 1.29 is 4.79 Å². The van der Waals surface area contributed by atoms with Gasteiger partial charge in [0.05, 0.1) is 24.3 Å². The van der Waals surface area contributed by atoms with Gasteiger partial charge in [-0.15, -0.1) is 0 Å². The molecule has 0 bridgehead atoms. The van der Waals surface area contributed by atoms with Crippen LogP contribution in [-0.2, 0) is 30.6 Å². The van der Waals surface area contributed by atoms with Gasteiger partial charge in [-0.05, 0) is 24.0 Å². The van der Waals surface area contributed by atoms with E-state index < -0.39 is 0 Å². The normalized spacial score (nSPS) is 14.0. The minimum Gasteiger partial charge on any atom is -0.347 e. The third-order valence-corrected chi connectivity index (χ3v) is 4.19. The quantitative estimate of drug-likeness (QED) is 0.937. The van der Waals surface area contributed by atoms with E-state index in [9.17, 15) is 4.79 Å². The molecule has 4 nitrogen and oxygen atoms in total. The standard InChI is InChI=1S/C17H21N3O/c1-2-13-3-5-14(6-4-13)7-8-17(21)20-10-9-15-16(11-20)19-12-18-15/h3-6,12H,2,7-11H2,1H3,(H,18,19). The molecule has 1 amide bonds. The van der Waals surface area contributed by atoms with E-state index in [-0.39, 0.29) is 5.91 Å². The number of nitrogens with zero attached hydrogens (tertiary/aromatic N) is 2. The number of hydrogen-bond acceptors (Lipinski definition) is 2. The number of aryl methyl sites for hydroxylation is 2. The number of nitrogens with one attached hydrogen (secondary N) is 1. The number of hydrogen-bond donors (Lipinski definition) is 1. The van der Waals surface area contributed by atoms with E-state index in [1.54, 1.807) is 6.33 Å². The van der Waals surface area contributed by atoms with Gasteiger partial charge in [-0.3, -0.25) is 4.79 Å². The van der Waals surface area contributed by atoms with Crippen LogP contribution in [0, 0.1) is 0 Å². The Balaban J connectivity index is 1.54. The Bertz CT molecular complexity index is 615. The molecule has 2 aromatic rings. The maximum atomic E-state index is 12.3. The molecule has 0 aliphatic carbocycles. The zero-order chi connectivity index (χ0) is 14.7. The SMILES string of the molecule is CCc1ccc(CCC(=O)N2CCc3nc[nH]c3C2)cc1. The molecule has 0 saturated carbocycles. The van der Waals surface area contributed by atoms with Crippen LogP contribution in [0.1, 0.15) is 35.9 Å². The van der Waals surface area contributed by atoms with Crippen LogP contribution in [-0.4, -0.2) is 27.3 Å². The summed E-state index contributed by atoms with van der Waals surface area (Å²) in [5.41, 5.74) is 4.77. The third-order valence-electron chi connectivity index (χ3n) is 4.19. The number of carbonyl (C=O) groups is 1. The Morgan fingerprint density at radius 1 is 1.29 bits per heavy atom. The van der Waals surface area contributed by atoms with Crippen molar-refractivity contribution in [2.45, 2.75) is 39.2 Å². The van der Waals surface area contributed by atoms with E-state index >= 15 is 0 Å². The summed E-state index contributed by atoms with van der Waals surface area (Å²) in [6.07, 6.45) is 5.02. The van der Waals surface area contributed by atoms with Crippen molar-refractivity contribution in [2.24, 2.45) is 0 Å². The molecule has 0 fully saturated rings. The molecule has 0 atom stereocenters. The molecule has 4 heteroatoms.